The Hall–Kier alpha value is -1.56. The lowest BCUT2D eigenvalue weighted by atomic mass is 9.97. The van der Waals surface area contributed by atoms with Gasteiger partial charge in [-0.2, -0.15) is 5.10 Å². The molecule has 0 atom stereocenters. The van der Waals surface area contributed by atoms with E-state index in [-0.39, 0.29) is 5.97 Å². The fourth-order valence-corrected chi connectivity index (χ4v) is 2.71. The van der Waals surface area contributed by atoms with Gasteiger partial charge in [0.15, 0.2) is 0 Å². The van der Waals surface area contributed by atoms with E-state index >= 15 is 0 Å². The molecule has 0 aromatic carbocycles. The quantitative estimate of drug-likeness (QED) is 0.812. The van der Waals surface area contributed by atoms with Gasteiger partial charge in [-0.1, -0.05) is 6.92 Å². The van der Waals surface area contributed by atoms with Crippen LogP contribution in [0, 0.1) is 5.92 Å². The largest absolute Gasteiger partial charge is 0.462 e. The van der Waals surface area contributed by atoms with Crippen LogP contribution in [0.3, 0.4) is 0 Å². The second-order valence-electron chi connectivity index (χ2n) is 5.35. The Morgan fingerprint density at radius 1 is 1.43 bits per heavy atom. The molecule has 1 saturated heterocycles. The molecule has 1 fully saturated rings. The summed E-state index contributed by atoms with van der Waals surface area (Å²) in [6, 6.07) is 0. The van der Waals surface area contributed by atoms with E-state index in [4.69, 9.17) is 15.2 Å². The number of nitrogens with two attached hydrogens (primary N) is 1. The lowest BCUT2D eigenvalue weighted by Crippen LogP contribution is -2.18. The number of hydrogen-bond donors (Lipinski definition) is 1. The molecule has 0 saturated carbocycles. The number of anilines is 1. The van der Waals surface area contributed by atoms with Crippen LogP contribution in [0.1, 0.15) is 49.2 Å². The molecular formula is C15H25N3O3. The second kappa shape index (κ2) is 7.45. The van der Waals surface area contributed by atoms with Crippen LogP contribution >= 0.6 is 0 Å². The minimum Gasteiger partial charge on any atom is -0.462 e. The molecule has 2 heterocycles. The minimum absolute atomic E-state index is 0.342. The molecule has 1 aliphatic heterocycles. The maximum atomic E-state index is 12.0. The number of ether oxygens (including phenoxy) is 2. The van der Waals surface area contributed by atoms with E-state index in [9.17, 15) is 4.79 Å². The van der Waals surface area contributed by atoms with Gasteiger partial charge >= 0.3 is 5.97 Å². The Balaban J connectivity index is 2.07. The van der Waals surface area contributed by atoms with E-state index in [1.165, 1.54) is 0 Å². The number of aryl methyl sites for hydroxylation is 2. The number of nitrogen functional groups attached to an aromatic ring is 1. The number of esters is 1. The summed E-state index contributed by atoms with van der Waals surface area (Å²) >= 11 is 0. The lowest BCUT2D eigenvalue weighted by molar-refractivity contribution is 0.0526. The van der Waals surface area contributed by atoms with E-state index in [0.717, 1.165) is 44.7 Å². The van der Waals surface area contributed by atoms with Crippen LogP contribution in [0.15, 0.2) is 0 Å². The summed E-state index contributed by atoms with van der Waals surface area (Å²) < 4.78 is 12.2. The Morgan fingerprint density at radius 3 is 2.76 bits per heavy atom. The summed E-state index contributed by atoms with van der Waals surface area (Å²) in [6.45, 7) is 6.52. The number of hydrogen-bond acceptors (Lipinski definition) is 5. The van der Waals surface area contributed by atoms with Crippen LogP contribution in [0.5, 0.6) is 0 Å². The first kappa shape index (κ1) is 15.8. The van der Waals surface area contributed by atoms with Crippen molar-refractivity contribution in [2.45, 2.75) is 46.1 Å². The first-order chi connectivity index (χ1) is 10.2. The van der Waals surface area contributed by atoms with Crippen molar-refractivity contribution >= 4 is 11.8 Å². The average molecular weight is 295 g/mol. The van der Waals surface area contributed by atoms with Gasteiger partial charge in [0.05, 0.1) is 12.3 Å². The standard InChI is InChI=1S/C15H25N3O3/c1-3-12-13(15(19)21-4-2)14(16)18(17-12)8-5-11-6-9-20-10-7-11/h11H,3-10,16H2,1-2H3. The van der Waals surface area contributed by atoms with Gasteiger partial charge in [-0.25, -0.2) is 9.48 Å². The number of aromatic nitrogens is 2. The van der Waals surface area contributed by atoms with Gasteiger partial charge in [0, 0.05) is 19.8 Å². The van der Waals surface area contributed by atoms with Gasteiger partial charge in [0.1, 0.15) is 11.4 Å². The molecular weight excluding hydrogens is 270 g/mol. The minimum atomic E-state index is -0.371. The zero-order valence-electron chi connectivity index (χ0n) is 12.9. The number of nitrogens with zero attached hydrogens (tertiary/aromatic N) is 2. The Morgan fingerprint density at radius 2 is 2.14 bits per heavy atom. The molecule has 0 bridgehead atoms. The highest BCUT2D eigenvalue weighted by molar-refractivity contribution is 5.95. The fourth-order valence-electron chi connectivity index (χ4n) is 2.71. The van der Waals surface area contributed by atoms with Gasteiger partial charge in [-0.3, -0.25) is 0 Å². The summed E-state index contributed by atoms with van der Waals surface area (Å²) in [6.07, 6.45) is 3.86. The predicted molar refractivity (Wildman–Crippen MR) is 80.1 cm³/mol. The summed E-state index contributed by atoms with van der Waals surface area (Å²) in [4.78, 5) is 12.0. The van der Waals surface area contributed by atoms with Gasteiger partial charge in [0.2, 0.25) is 0 Å². The first-order valence-corrected chi connectivity index (χ1v) is 7.77. The summed E-state index contributed by atoms with van der Waals surface area (Å²) in [5.41, 5.74) is 7.26. The predicted octanol–water partition coefficient (Wildman–Crippen LogP) is 2.02. The van der Waals surface area contributed by atoms with Crippen molar-refractivity contribution in [3.8, 4) is 0 Å². The Labute approximate surface area is 125 Å². The molecule has 1 aromatic rings. The Bertz CT molecular complexity index is 479. The highest BCUT2D eigenvalue weighted by Crippen LogP contribution is 2.23. The van der Waals surface area contributed by atoms with Crippen molar-refractivity contribution in [3.05, 3.63) is 11.3 Å². The molecule has 21 heavy (non-hydrogen) atoms. The van der Waals surface area contributed by atoms with Gasteiger partial charge in [-0.15, -0.1) is 0 Å². The van der Waals surface area contributed by atoms with Crippen LogP contribution in [0.4, 0.5) is 5.82 Å². The van der Waals surface area contributed by atoms with Crippen LogP contribution < -0.4 is 5.73 Å². The molecule has 118 valence electrons. The van der Waals surface area contributed by atoms with Crippen molar-refractivity contribution in [3.63, 3.8) is 0 Å². The maximum Gasteiger partial charge on any atom is 0.343 e. The van der Waals surface area contributed by atoms with Gasteiger partial charge < -0.3 is 15.2 Å². The molecule has 0 spiro atoms. The molecule has 0 amide bonds. The zero-order valence-corrected chi connectivity index (χ0v) is 12.9. The van der Waals surface area contributed by atoms with Crippen molar-refractivity contribution < 1.29 is 14.3 Å². The third-order valence-corrected chi connectivity index (χ3v) is 3.97. The van der Waals surface area contributed by atoms with E-state index in [1.807, 2.05) is 6.92 Å². The van der Waals surface area contributed by atoms with Crippen LogP contribution in [-0.2, 0) is 22.4 Å². The highest BCUT2D eigenvalue weighted by Gasteiger charge is 2.23. The van der Waals surface area contributed by atoms with Crippen LogP contribution in [-0.4, -0.2) is 35.6 Å². The molecule has 2 rings (SSSR count). The van der Waals surface area contributed by atoms with Gasteiger partial charge in [0.25, 0.3) is 0 Å². The molecule has 1 aromatic heterocycles. The highest BCUT2D eigenvalue weighted by atomic mass is 16.5. The van der Waals surface area contributed by atoms with Crippen molar-refractivity contribution in [2.24, 2.45) is 5.92 Å². The maximum absolute atomic E-state index is 12.0. The number of carbonyl (C=O) groups is 1. The van der Waals surface area contributed by atoms with Crippen LogP contribution in [0.25, 0.3) is 0 Å². The van der Waals surface area contributed by atoms with E-state index in [1.54, 1.807) is 11.6 Å². The second-order valence-corrected chi connectivity index (χ2v) is 5.35. The average Bonchev–Trinajstić information content (AvgIpc) is 2.82. The number of rotatable bonds is 6. The topological polar surface area (TPSA) is 79.4 Å². The SMILES string of the molecule is CCOC(=O)c1c(CC)nn(CCC2CCOCC2)c1N. The Kier molecular flexibility index (Phi) is 5.61. The molecule has 0 aliphatic carbocycles. The molecule has 6 nitrogen and oxygen atoms in total. The number of carbonyl (C=O) groups excluding carboxylic acids is 1. The molecule has 1 aliphatic rings. The fraction of sp³-hybridized carbons (Fsp3) is 0.733. The molecule has 6 heteroatoms. The van der Waals surface area contributed by atoms with E-state index in [2.05, 4.69) is 5.10 Å². The van der Waals surface area contributed by atoms with Crippen molar-refractivity contribution in [2.75, 3.05) is 25.6 Å². The van der Waals surface area contributed by atoms with Crippen LogP contribution in [0.2, 0.25) is 0 Å². The third kappa shape index (κ3) is 3.75. The van der Waals surface area contributed by atoms with Crippen molar-refractivity contribution in [1.29, 1.82) is 0 Å². The monoisotopic (exact) mass is 295 g/mol. The smallest absolute Gasteiger partial charge is 0.343 e. The molecule has 0 radical (unpaired) electrons. The summed E-state index contributed by atoms with van der Waals surface area (Å²) in [7, 11) is 0. The zero-order chi connectivity index (χ0) is 15.2. The molecule has 2 N–H and O–H groups in total. The summed E-state index contributed by atoms with van der Waals surface area (Å²) in [5.74, 6) is 0.708. The lowest BCUT2D eigenvalue weighted by Gasteiger charge is -2.21. The first-order valence-electron chi connectivity index (χ1n) is 7.77. The normalized spacial score (nSPS) is 16.1. The van der Waals surface area contributed by atoms with E-state index < -0.39 is 0 Å². The summed E-state index contributed by atoms with van der Waals surface area (Å²) in [5, 5.41) is 4.48. The van der Waals surface area contributed by atoms with E-state index in [0.29, 0.717) is 30.3 Å². The third-order valence-electron chi connectivity index (χ3n) is 3.97. The molecule has 0 unspecified atom stereocenters. The van der Waals surface area contributed by atoms with Crippen molar-refractivity contribution in [1.82, 2.24) is 9.78 Å². The van der Waals surface area contributed by atoms with Gasteiger partial charge in [-0.05, 0) is 38.5 Å².